The van der Waals surface area contributed by atoms with Gasteiger partial charge < -0.3 is 4.74 Å². The predicted molar refractivity (Wildman–Crippen MR) is 77.8 cm³/mol. The number of Topliss-reactive ketones (excluding diaryl/α,β-unsaturated/α-hetero) is 1. The Bertz CT molecular complexity index is 405. The fraction of sp³-hybridized carbons (Fsp3) is 0.588. The van der Waals surface area contributed by atoms with E-state index in [0.29, 0.717) is 13.0 Å². The summed E-state index contributed by atoms with van der Waals surface area (Å²) in [5.41, 5.74) is 0.750. The van der Waals surface area contributed by atoms with Crippen molar-refractivity contribution in [3.63, 3.8) is 0 Å². The molecule has 1 aliphatic rings. The van der Waals surface area contributed by atoms with Crippen LogP contribution >= 0.6 is 0 Å². The summed E-state index contributed by atoms with van der Waals surface area (Å²) in [6, 6.07) is 7.60. The van der Waals surface area contributed by atoms with Gasteiger partial charge in [0.2, 0.25) is 0 Å². The zero-order valence-electron chi connectivity index (χ0n) is 11.9. The molecule has 0 N–H and O–H groups in total. The standard InChI is InChI=1S/C17H24O2/c1-2-19-17-11-7-6-10-15(17)16(18)13-12-14-8-4-3-5-9-14/h6-7,10-11,14H,2-5,8-9,12-13H2,1H3. The largest absolute Gasteiger partial charge is 0.493 e. The van der Waals surface area contributed by atoms with Crippen LogP contribution in [-0.4, -0.2) is 12.4 Å². The molecule has 2 heteroatoms. The molecular formula is C17H24O2. The molecule has 104 valence electrons. The van der Waals surface area contributed by atoms with Crippen LogP contribution in [0.3, 0.4) is 0 Å². The zero-order valence-corrected chi connectivity index (χ0v) is 11.9. The van der Waals surface area contributed by atoms with E-state index in [4.69, 9.17) is 4.74 Å². The molecule has 0 aromatic heterocycles. The number of rotatable bonds is 6. The van der Waals surface area contributed by atoms with E-state index in [-0.39, 0.29) is 5.78 Å². The molecule has 0 atom stereocenters. The molecule has 0 unspecified atom stereocenters. The summed E-state index contributed by atoms with van der Waals surface area (Å²) in [5, 5.41) is 0. The van der Waals surface area contributed by atoms with Gasteiger partial charge in [0, 0.05) is 6.42 Å². The van der Waals surface area contributed by atoms with E-state index >= 15 is 0 Å². The average Bonchev–Trinajstić information content (AvgIpc) is 2.47. The highest BCUT2D eigenvalue weighted by Crippen LogP contribution is 2.28. The lowest BCUT2D eigenvalue weighted by Crippen LogP contribution is -2.10. The third-order valence-corrected chi connectivity index (χ3v) is 3.99. The zero-order chi connectivity index (χ0) is 13.5. The Balaban J connectivity index is 1.91. The molecule has 0 spiro atoms. The van der Waals surface area contributed by atoms with Gasteiger partial charge in [-0.3, -0.25) is 4.79 Å². The summed E-state index contributed by atoms with van der Waals surface area (Å²) in [4.78, 5) is 12.3. The first-order valence-electron chi connectivity index (χ1n) is 7.56. The number of carbonyl (C=O) groups is 1. The molecule has 1 aromatic rings. The van der Waals surface area contributed by atoms with E-state index in [2.05, 4.69) is 0 Å². The van der Waals surface area contributed by atoms with Crippen LogP contribution in [-0.2, 0) is 0 Å². The summed E-state index contributed by atoms with van der Waals surface area (Å²) >= 11 is 0. The summed E-state index contributed by atoms with van der Waals surface area (Å²) in [6.07, 6.45) is 8.37. The lowest BCUT2D eigenvalue weighted by atomic mass is 9.85. The van der Waals surface area contributed by atoms with Gasteiger partial charge in [-0.25, -0.2) is 0 Å². The molecule has 0 aliphatic heterocycles. The second kappa shape index (κ2) is 7.32. The fourth-order valence-electron chi connectivity index (χ4n) is 2.92. The van der Waals surface area contributed by atoms with Crippen LogP contribution in [0.1, 0.15) is 62.2 Å². The van der Waals surface area contributed by atoms with Gasteiger partial charge in [0.15, 0.2) is 5.78 Å². The normalized spacial score (nSPS) is 16.3. The number of hydrogen-bond acceptors (Lipinski definition) is 2. The third-order valence-electron chi connectivity index (χ3n) is 3.99. The molecule has 0 amide bonds. The molecule has 2 nitrogen and oxygen atoms in total. The Kier molecular flexibility index (Phi) is 5.44. The monoisotopic (exact) mass is 260 g/mol. The van der Waals surface area contributed by atoms with Crippen molar-refractivity contribution in [1.29, 1.82) is 0 Å². The molecule has 1 aromatic carbocycles. The minimum Gasteiger partial charge on any atom is -0.493 e. The molecule has 0 radical (unpaired) electrons. The first kappa shape index (κ1) is 14.1. The number of carbonyl (C=O) groups excluding carboxylic acids is 1. The quantitative estimate of drug-likeness (QED) is 0.697. The SMILES string of the molecule is CCOc1ccccc1C(=O)CCC1CCCCC1. The van der Waals surface area contributed by atoms with Gasteiger partial charge in [0.05, 0.1) is 12.2 Å². The van der Waals surface area contributed by atoms with Crippen molar-refractivity contribution >= 4 is 5.78 Å². The molecule has 1 aliphatic carbocycles. The minimum atomic E-state index is 0.231. The van der Waals surface area contributed by atoms with Crippen molar-refractivity contribution in [3.8, 4) is 5.75 Å². The topological polar surface area (TPSA) is 26.3 Å². The highest BCUT2D eigenvalue weighted by Gasteiger charge is 2.17. The van der Waals surface area contributed by atoms with Crippen molar-refractivity contribution in [2.24, 2.45) is 5.92 Å². The van der Waals surface area contributed by atoms with E-state index in [1.54, 1.807) is 0 Å². The Morgan fingerprint density at radius 1 is 1.21 bits per heavy atom. The summed E-state index contributed by atoms with van der Waals surface area (Å²) in [5.74, 6) is 1.73. The molecule has 1 saturated carbocycles. The number of ether oxygens (including phenoxy) is 1. The van der Waals surface area contributed by atoms with Crippen LogP contribution < -0.4 is 4.74 Å². The first-order chi connectivity index (χ1) is 9.31. The van der Waals surface area contributed by atoms with Crippen LogP contribution in [0.5, 0.6) is 5.75 Å². The maximum absolute atomic E-state index is 12.3. The summed E-state index contributed by atoms with van der Waals surface area (Å²) < 4.78 is 5.53. The molecule has 1 fully saturated rings. The predicted octanol–water partition coefficient (Wildman–Crippen LogP) is 4.63. The van der Waals surface area contributed by atoms with Gasteiger partial charge >= 0.3 is 0 Å². The lowest BCUT2D eigenvalue weighted by molar-refractivity contribution is 0.0966. The van der Waals surface area contributed by atoms with Crippen molar-refractivity contribution in [2.45, 2.75) is 51.9 Å². The highest BCUT2D eigenvalue weighted by molar-refractivity contribution is 5.98. The van der Waals surface area contributed by atoms with E-state index < -0.39 is 0 Å². The third kappa shape index (κ3) is 4.09. The van der Waals surface area contributed by atoms with Gasteiger partial charge in [-0.2, -0.15) is 0 Å². The van der Waals surface area contributed by atoms with Crippen LogP contribution in [0.4, 0.5) is 0 Å². The Labute approximate surface area is 116 Å². The van der Waals surface area contributed by atoms with Gasteiger partial charge in [0.25, 0.3) is 0 Å². The first-order valence-corrected chi connectivity index (χ1v) is 7.56. The van der Waals surface area contributed by atoms with Crippen LogP contribution in [0.2, 0.25) is 0 Å². The smallest absolute Gasteiger partial charge is 0.166 e. The van der Waals surface area contributed by atoms with Gasteiger partial charge in [0.1, 0.15) is 5.75 Å². The Hall–Kier alpha value is -1.31. The van der Waals surface area contributed by atoms with Crippen molar-refractivity contribution in [3.05, 3.63) is 29.8 Å². The van der Waals surface area contributed by atoms with Gasteiger partial charge in [-0.15, -0.1) is 0 Å². The maximum atomic E-state index is 12.3. The molecule has 2 rings (SSSR count). The average molecular weight is 260 g/mol. The van der Waals surface area contributed by atoms with E-state index in [0.717, 1.165) is 23.7 Å². The summed E-state index contributed by atoms with van der Waals surface area (Å²) in [7, 11) is 0. The van der Waals surface area contributed by atoms with Crippen molar-refractivity contribution in [1.82, 2.24) is 0 Å². The van der Waals surface area contributed by atoms with E-state index in [1.165, 1.54) is 32.1 Å². The van der Waals surface area contributed by atoms with E-state index in [9.17, 15) is 4.79 Å². The summed E-state index contributed by atoms with van der Waals surface area (Å²) in [6.45, 7) is 2.55. The van der Waals surface area contributed by atoms with E-state index in [1.807, 2.05) is 31.2 Å². The number of ketones is 1. The van der Waals surface area contributed by atoms with Crippen molar-refractivity contribution in [2.75, 3.05) is 6.61 Å². The number of hydrogen-bond donors (Lipinski definition) is 0. The lowest BCUT2D eigenvalue weighted by Gasteiger charge is -2.21. The minimum absolute atomic E-state index is 0.231. The second-order valence-corrected chi connectivity index (χ2v) is 5.40. The van der Waals surface area contributed by atoms with Crippen molar-refractivity contribution < 1.29 is 9.53 Å². The molecule has 19 heavy (non-hydrogen) atoms. The van der Waals surface area contributed by atoms with Crippen LogP contribution in [0, 0.1) is 5.92 Å². The van der Waals surface area contributed by atoms with Crippen LogP contribution in [0.25, 0.3) is 0 Å². The van der Waals surface area contributed by atoms with Crippen LogP contribution in [0.15, 0.2) is 24.3 Å². The highest BCUT2D eigenvalue weighted by atomic mass is 16.5. The second-order valence-electron chi connectivity index (χ2n) is 5.40. The Morgan fingerprint density at radius 2 is 1.95 bits per heavy atom. The maximum Gasteiger partial charge on any atom is 0.166 e. The Morgan fingerprint density at radius 3 is 2.68 bits per heavy atom. The molecular weight excluding hydrogens is 236 g/mol. The number of benzene rings is 1. The van der Waals surface area contributed by atoms with Gasteiger partial charge in [-0.05, 0) is 31.4 Å². The molecule has 0 bridgehead atoms. The van der Waals surface area contributed by atoms with Gasteiger partial charge in [-0.1, -0.05) is 44.2 Å². The molecule has 0 heterocycles. The number of para-hydroxylation sites is 1. The fourth-order valence-corrected chi connectivity index (χ4v) is 2.92. The molecule has 0 saturated heterocycles.